The highest BCUT2D eigenvalue weighted by Gasteiger charge is 2.16. The summed E-state index contributed by atoms with van der Waals surface area (Å²) < 4.78 is 4.65. The van der Waals surface area contributed by atoms with Crippen molar-refractivity contribution in [2.45, 2.75) is 19.3 Å². The molecule has 0 aliphatic carbocycles. The molecular formula is C15H19ClN2O3. The molecule has 0 aromatic heterocycles. The minimum atomic E-state index is -0.459. The van der Waals surface area contributed by atoms with E-state index < -0.39 is 5.97 Å². The summed E-state index contributed by atoms with van der Waals surface area (Å²) in [6, 6.07) is 4.67. The molecule has 1 amide bonds. The zero-order valence-electron chi connectivity index (χ0n) is 11.9. The molecule has 1 aliphatic heterocycles. The number of anilines is 1. The molecule has 5 nitrogen and oxygen atoms in total. The van der Waals surface area contributed by atoms with Crippen molar-refractivity contribution in [2.24, 2.45) is 5.92 Å². The molecule has 2 N–H and O–H groups in total. The smallest absolute Gasteiger partial charge is 0.337 e. The van der Waals surface area contributed by atoms with E-state index >= 15 is 0 Å². The summed E-state index contributed by atoms with van der Waals surface area (Å²) in [5.74, 6) is 0.0117. The fraction of sp³-hybridized carbons (Fsp3) is 0.467. The summed E-state index contributed by atoms with van der Waals surface area (Å²) in [6.07, 6.45) is 2.42. The molecule has 1 fully saturated rings. The standard InChI is InChI=1S/C15H19ClN2O3/c1-21-15(20)11-3-4-12(16)13(8-11)18-14(19)5-2-10-6-7-17-9-10/h3-4,8,10,17H,2,5-7,9H2,1H3,(H,18,19). The van der Waals surface area contributed by atoms with Crippen molar-refractivity contribution in [2.75, 3.05) is 25.5 Å². The SMILES string of the molecule is COC(=O)c1ccc(Cl)c(NC(=O)CCC2CCNC2)c1. The van der Waals surface area contributed by atoms with Gasteiger partial charge in [0.2, 0.25) is 5.91 Å². The third-order valence-electron chi connectivity index (χ3n) is 3.60. The van der Waals surface area contributed by atoms with Gasteiger partial charge in [0.1, 0.15) is 0 Å². The lowest BCUT2D eigenvalue weighted by Gasteiger charge is -2.10. The fourth-order valence-electron chi connectivity index (χ4n) is 2.37. The highest BCUT2D eigenvalue weighted by molar-refractivity contribution is 6.33. The van der Waals surface area contributed by atoms with Crippen LogP contribution in [0.3, 0.4) is 0 Å². The first-order chi connectivity index (χ1) is 10.1. The van der Waals surface area contributed by atoms with Crippen molar-refractivity contribution in [3.8, 4) is 0 Å². The Kier molecular flexibility index (Phi) is 5.59. The lowest BCUT2D eigenvalue weighted by atomic mass is 10.0. The predicted octanol–water partition coefficient (Wildman–Crippen LogP) is 2.45. The molecular weight excluding hydrogens is 292 g/mol. The maximum Gasteiger partial charge on any atom is 0.337 e. The zero-order valence-corrected chi connectivity index (χ0v) is 12.7. The Hall–Kier alpha value is -1.59. The number of rotatable bonds is 5. The zero-order chi connectivity index (χ0) is 15.2. The first-order valence-electron chi connectivity index (χ1n) is 6.98. The molecule has 1 aromatic carbocycles. The minimum Gasteiger partial charge on any atom is -0.465 e. The van der Waals surface area contributed by atoms with Gasteiger partial charge < -0.3 is 15.4 Å². The van der Waals surface area contributed by atoms with E-state index in [1.165, 1.54) is 13.2 Å². The summed E-state index contributed by atoms with van der Waals surface area (Å²) in [5, 5.41) is 6.43. The van der Waals surface area contributed by atoms with Crippen molar-refractivity contribution in [1.29, 1.82) is 0 Å². The van der Waals surface area contributed by atoms with Crippen molar-refractivity contribution < 1.29 is 14.3 Å². The molecule has 1 saturated heterocycles. The molecule has 0 bridgehead atoms. The first kappa shape index (κ1) is 15.8. The van der Waals surface area contributed by atoms with Gasteiger partial charge in [0, 0.05) is 6.42 Å². The molecule has 2 rings (SSSR count). The maximum atomic E-state index is 12.0. The summed E-state index contributed by atoms with van der Waals surface area (Å²) in [7, 11) is 1.31. The van der Waals surface area contributed by atoms with Gasteiger partial charge in [-0.05, 0) is 50.0 Å². The topological polar surface area (TPSA) is 67.4 Å². The Bertz CT molecular complexity index is 528. The van der Waals surface area contributed by atoms with Gasteiger partial charge in [-0.3, -0.25) is 4.79 Å². The van der Waals surface area contributed by atoms with E-state index in [4.69, 9.17) is 11.6 Å². The van der Waals surface area contributed by atoms with Crippen LogP contribution in [0, 0.1) is 5.92 Å². The molecule has 21 heavy (non-hydrogen) atoms. The van der Waals surface area contributed by atoms with Gasteiger partial charge in [-0.1, -0.05) is 11.6 Å². The van der Waals surface area contributed by atoms with Gasteiger partial charge >= 0.3 is 5.97 Å². The van der Waals surface area contributed by atoms with Crippen LogP contribution in [-0.4, -0.2) is 32.1 Å². The number of ether oxygens (including phenoxy) is 1. The molecule has 1 heterocycles. The van der Waals surface area contributed by atoms with E-state index in [0.29, 0.717) is 28.6 Å². The van der Waals surface area contributed by atoms with E-state index in [2.05, 4.69) is 15.4 Å². The third-order valence-corrected chi connectivity index (χ3v) is 3.93. The predicted molar refractivity (Wildman–Crippen MR) is 81.6 cm³/mol. The first-order valence-corrected chi connectivity index (χ1v) is 7.36. The third kappa shape index (κ3) is 4.44. The average Bonchev–Trinajstić information content (AvgIpc) is 3.00. The number of amides is 1. The molecule has 1 aromatic rings. The number of hydrogen-bond acceptors (Lipinski definition) is 4. The summed E-state index contributed by atoms with van der Waals surface area (Å²) in [6.45, 7) is 2.01. The Morgan fingerprint density at radius 1 is 1.48 bits per heavy atom. The van der Waals surface area contributed by atoms with Crippen LogP contribution in [0.1, 0.15) is 29.6 Å². The van der Waals surface area contributed by atoms with Gasteiger partial charge in [0.15, 0.2) is 0 Å². The van der Waals surface area contributed by atoms with Crippen molar-refractivity contribution in [3.05, 3.63) is 28.8 Å². The quantitative estimate of drug-likeness (QED) is 0.820. The molecule has 0 radical (unpaired) electrons. The number of esters is 1. The second-order valence-corrected chi connectivity index (χ2v) is 5.54. The summed E-state index contributed by atoms with van der Waals surface area (Å²) >= 11 is 6.04. The lowest BCUT2D eigenvalue weighted by molar-refractivity contribution is -0.116. The Morgan fingerprint density at radius 3 is 2.95 bits per heavy atom. The number of hydrogen-bond donors (Lipinski definition) is 2. The van der Waals surface area contributed by atoms with Crippen LogP contribution in [0.5, 0.6) is 0 Å². The van der Waals surface area contributed by atoms with Crippen LogP contribution in [0.4, 0.5) is 5.69 Å². The summed E-state index contributed by atoms with van der Waals surface area (Å²) in [4.78, 5) is 23.4. The van der Waals surface area contributed by atoms with E-state index in [0.717, 1.165) is 25.9 Å². The van der Waals surface area contributed by atoms with Crippen LogP contribution in [0.25, 0.3) is 0 Å². The Morgan fingerprint density at radius 2 is 2.29 bits per heavy atom. The average molecular weight is 311 g/mol. The Balaban J connectivity index is 1.94. The summed E-state index contributed by atoms with van der Waals surface area (Å²) in [5.41, 5.74) is 0.798. The highest BCUT2D eigenvalue weighted by atomic mass is 35.5. The largest absolute Gasteiger partial charge is 0.465 e. The molecule has 1 unspecified atom stereocenters. The maximum absolute atomic E-state index is 12.0. The van der Waals surface area contributed by atoms with E-state index in [9.17, 15) is 9.59 Å². The lowest BCUT2D eigenvalue weighted by Crippen LogP contribution is -2.15. The molecule has 0 spiro atoms. The van der Waals surface area contributed by atoms with Crippen LogP contribution < -0.4 is 10.6 Å². The van der Waals surface area contributed by atoms with Crippen LogP contribution in [-0.2, 0) is 9.53 Å². The van der Waals surface area contributed by atoms with Gasteiger partial charge in [0.05, 0.1) is 23.4 Å². The van der Waals surface area contributed by atoms with Crippen LogP contribution in [0.15, 0.2) is 18.2 Å². The van der Waals surface area contributed by atoms with Crippen molar-refractivity contribution in [1.82, 2.24) is 5.32 Å². The van der Waals surface area contributed by atoms with Gasteiger partial charge in [-0.25, -0.2) is 4.79 Å². The fourth-order valence-corrected chi connectivity index (χ4v) is 2.54. The van der Waals surface area contributed by atoms with Crippen molar-refractivity contribution in [3.63, 3.8) is 0 Å². The van der Waals surface area contributed by atoms with Gasteiger partial charge in [-0.15, -0.1) is 0 Å². The van der Waals surface area contributed by atoms with Crippen LogP contribution in [0.2, 0.25) is 5.02 Å². The van der Waals surface area contributed by atoms with E-state index in [1.807, 2.05) is 0 Å². The minimum absolute atomic E-state index is 0.0918. The highest BCUT2D eigenvalue weighted by Crippen LogP contribution is 2.24. The van der Waals surface area contributed by atoms with Crippen molar-refractivity contribution >= 4 is 29.2 Å². The number of methoxy groups -OCH3 is 1. The molecule has 0 saturated carbocycles. The monoisotopic (exact) mass is 310 g/mol. The molecule has 1 aliphatic rings. The van der Waals surface area contributed by atoms with Crippen LogP contribution >= 0.6 is 11.6 Å². The number of carbonyl (C=O) groups excluding carboxylic acids is 2. The van der Waals surface area contributed by atoms with E-state index in [-0.39, 0.29) is 5.91 Å². The molecule has 1 atom stereocenters. The number of benzene rings is 1. The molecule has 6 heteroatoms. The Labute approximate surface area is 129 Å². The van der Waals surface area contributed by atoms with Gasteiger partial charge in [-0.2, -0.15) is 0 Å². The molecule has 114 valence electrons. The number of nitrogens with one attached hydrogen (secondary N) is 2. The second kappa shape index (κ2) is 7.43. The normalized spacial score (nSPS) is 17.5. The number of halogens is 1. The number of carbonyl (C=O) groups is 2. The van der Waals surface area contributed by atoms with Gasteiger partial charge in [0.25, 0.3) is 0 Å². The van der Waals surface area contributed by atoms with E-state index in [1.54, 1.807) is 12.1 Å². The second-order valence-electron chi connectivity index (χ2n) is 5.13.